The fourth-order valence-corrected chi connectivity index (χ4v) is 2.34. The summed E-state index contributed by atoms with van der Waals surface area (Å²) in [5, 5.41) is 5.11. The Balaban J connectivity index is 1.69. The Hall–Kier alpha value is -2.54. The van der Waals surface area contributed by atoms with E-state index >= 15 is 0 Å². The van der Waals surface area contributed by atoms with E-state index in [4.69, 9.17) is 4.42 Å². The van der Waals surface area contributed by atoms with E-state index in [-0.39, 0.29) is 5.91 Å². The molecule has 3 heterocycles. The minimum absolute atomic E-state index is 0.243. The highest BCUT2D eigenvalue weighted by molar-refractivity contribution is 7.13. The molecule has 0 aliphatic rings. The lowest BCUT2D eigenvalue weighted by Gasteiger charge is -1.99. The predicted molar refractivity (Wildman–Crippen MR) is 73.0 cm³/mol. The number of carbonyl (C=O) groups excluding carboxylic acids is 1. The third-order valence-electron chi connectivity index (χ3n) is 2.52. The Morgan fingerprint density at radius 2 is 2.35 bits per heavy atom. The first-order chi connectivity index (χ1) is 9.83. The zero-order chi connectivity index (χ0) is 13.8. The molecule has 100 valence electrons. The van der Waals surface area contributed by atoms with Crippen molar-refractivity contribution in [2.24, 2.45) is 0 Å². The second kappa shape index (κ2) is 5.62. The topological polar surface area (TPSA) is 80.9 Å². The standard InChI is InChI=1S/C13H10N4O2S/c18-12(16-6-9-2-1-5-19-9)11-8-20-13(17-11)10-7-14-3-4-15-10/h1-5,7-8H,6H2,(H,16,18). The van der Waals surface area contributed by atoms with Gasteiger partial charge in [-0.2, -0.15) is 0 Å². The molecule has 20 heavy (non-hydrogen) atoms. The number of carbonyl (C=O) groups is 1. The molecule has 6 nitrogen and oxygen atoms in total. The Labute approximate surface area is 118 Å². The summed E-state index contributed by atoms with van der Waals surface area (Å²) in [6, 6.07) is 3.57. The molecule has 0 unspecified atom stereocenters. The van der Waals surface area contributed by atoms with E-state index in [1.54, 1.807) is 42.4 Å². The molecule has 0 spiro atoms. The number of furan rings is 1. The van der Waals surface area contributed by atoms with Crippen LogP contribution in [0.15, 0.2) is 46.8 Å². The van der Waals surface area contributed by atoms with Crippen molar-refractivity contribution >= 4 is 17.2 Å². The molecule has 0 bridgehead atoms. The number of amides is 1. The van der Waals surface area contributed by atoms with E-state index in [1.807, 2.05) is 0 Å². The summed E-state index contributed by atoms with van der Waals surface area (Å²) in [5.41, 5.74) is 1.02. The van der Waals surface area contributed by atoms with Crippen LogP contribution < -0.4 is 5.32 Å². The van der Waals surface area contributed by atoms with Crippen LogP contribution in [0.2, 0.25) is 0 Å². The smallest absolute Gasteiger partial charge is 0.271 e. The van der Waals surface area contributed by atoms with Crippen molar-refractivity contribution in [3.8, 4) is 10.7 Å². The van der Waals surface area contributed by atoms with Crippen LogP contribution in [-0.2, 0) is 6.54 Å². The van der Waals surface area contributed by atoms with Gasteiger partial charge in [0.2, 0.25) is 0 Å². The average molecular weight is 286 g/mol. The molecule has 0 aliphatic heterocycles. The maximum atomic E-state index is 11.9. The van der Waals surface area contributed by atoms with E-state index in [1.165, 1.54) is 11.3 Å². The van der Waals surface area contributed by atoms with Gasteiger partial charge in [0.05, 0.1) is 19.0 Å². The van der Waals surface area contributed by atoms with Crippen molar-refractivity contribution in [3.63, 3.8) is 0 Å². The van der Waals surface area contributed by atoms with Gasteiger partial charge < -0.3 is 9.73 Å². The molecule has 0 aliphatic carbocycles. The van der Waals surface area contributed by atoms with Crippen molar-refractivity contribution in [3.05, 3.63) is 53.8 Å². The lowest BCUT2D eigenvalue weighted by molar-refractivity contribution is 0.0944. The molecule has 1 amide bonds. The third-order valence-corrected chi connectivity index (χ3v) is 3.39. The van der Waals surface area contributed by atoms with Crippen LogP contribution in [0.1, 0.15) is 16.2 Å². The van der Waals surface area contributed by atoms with Gasteiger partial charge in [0, 0.05) is 17.8 Å². The molecule has 0 aromatic carbocycles. The van der Waals surface area contributed by atoms with Crippen molar-refractivity contribution in [2.75, 3.05) is 0 Å². The van der Waals surface area contributed by atoms with E-state index < -0.39 is 0 Å². The average Bonchev–Trinajstić information content (AvgIpc) is 3.17. The van der Waals surface area contributed by atoms with Gasteiger partial charge in [0.25, 0.3) is 5.91 Å². The molecule has 0 saturated carbocycles. The summed E-state index contributed by atoms with van der Waals surface area (Å²) in [5.74, 6) is 0.454. The van der Waals surface area contributed by atoms with Gasteiger partial charge in [-0.25, -0.2) is 4.98 Å². The highest BCUT2D eigenvalue weighted by Gasteiger charge is 2.12. The SMILES string of the molecule is O=C(NCc1ccco1)c1csc(-c2cnccn2)n1. The summed E-state index contributed by atoms with van der Waals surface area (Å²) in [4.78, 5) is 24.3. The maximum absolute atomic E-state index is 11.9. The summed E-state index contributed by atoms with van der Waals surface area (Å²) in [6.07, 6.45) is 6.36. The van der Waals surface area contributed by atoms with Crippen LogP contribution in [-0.4, -0.2) is 20.9 Å². The monoisotopic (exact) mass is 286 g/mol. The highest BCUT2D eigenvalue weighted by atomic mass is 32.1. The normalized spacial score (nSPS) is 10.4. The predicted octanol–water partition coefficient (Wildman–Crippen LogP) is 2.12. The van der Waals surface area contributed by atoms with Gasteiger partial charge >= 0.3 is 0 Å². The first-order valence-corrected chi connectivity index (χ1v) is 6.73. The number of nitrogens with one attached hydrogen (secondary N) is 1. The summed E-state index contributed by atoms with van der Waals surface area (Å²) >= 11 is 1.36. The largest absolute Gasteiger partial charge is 0.467 e. The van der Waals surface area contributed by atoms with Crippen LogP contribution in [0.25, 0.3) is 10.7 Å². The number of rotatable bonds is 4. The molecule has 7 heteroatoms. The zero-order valence-corrected chi connectivity index (χ0v) is 11.1. The molecule has 3 rings (SSSR count). The lowest BCUT2D eigenvalue weighted by atomic mass is 10.4. The Morgan fingerprint density at radius 1 is 1.40 bits per heavy atom. The number of nitrogens with zero attached hydrogens (tertiary/aromatic N) is 3. The molecular formula is C13H10N4O2S. The molecule has 0 radical (unpaired) electrons. The lowest BCUT2D eigenvalue weighted by Crippen LogP contribution is -2.22. The van der Waals surface area contributed by atoms with Gasteiger partial charge in [-0.1, -0.05) is 0 Å². The van der Waals surface area contributed by atoms with E-state index in [0.29, 0.717) is 28.7 Å². The minimum atomic E-state index is -0.243. The van der Waals surface area contributed by atoms with Gasteiger partial charge in [-0.15, -0.1) is 11.3 Å². The third kappa shape index (κ3) is 2.72. The van der Waals surface area contributed by atoms with Gasteiger partial charge in [-0.3, -0.25) is 14.8 Å². The molecule has 0 fully saturated rings. The molecule has 3 aromatic heterocycles. The van der Waals surface area contributed by atoms with Crippen molar-refractivity contribution in [1.29, 1.82) is 0 Å². The fraction of sp³-hybridized carbons (Fsp3) is 0.0769. The molecule has 1 N–H and O–H groups in total. The fourth-order valence-electron chi connectivity index (χ4n) is 1.58. The molecular weight excluding hydrogens is 276 g/mol. The van der Waals surface area contributed by atoms with Crippen LogP contribution >= 0.6 is 11.3 Å². The van der Waals surface area contributed by atoms with Crippen LogP contribution in [0, 0.1) is 0 Å². The number of aromatic nitrogens is 3. The molecule has 0 atom stereocenters. The zero-order valence-electron chi connectivity index (χ0n) is 10.3. The Morgan fingerprint density at radius 3 is 3.10 bits per heavy atom. The second-order valence-electron chi connectivity index (χ2n) is 3.89. The van der Waals surface area contributed by atoms with Crippen LogP contribution in [0.3, 0.4) is 0 Å². The minimum Gasteiger partial charge on any atom is -0.467 e. The Kier molecular flexibility index (Phi) is 3.51. The van der Waals surface area contributed by atoms with E-state index in [0.717, 1.165) is 0 Å². The quantitative estimate of drug-likeness (QED) is 0.794. The van der Waals surface area contributed by atoms with Crippen LogP contribution in [0.4, 0.5) is 0 Å². The number of hydrogen-bond acceptors (Lipinski definition) is 6. The first-order valence-electron chi connectivity index (χ1n) is 5.85. The maximum Gasteiger partial charge on any atom is 0.271 e. The summed E-state index contributed by atoms with van der Waals surface area (Å²) < 4.78 is 5.14. The Bertz CT molecular complexity index is 694. The second-order valence-corrected chi connectivity index (χ2v) is 4.75. The van der Waals surface area contributed by atoms with Crippen molar-refractivity contribution < 1.29 is 9.21 Å². The number of thiazole rings is 1. The van der Waals surface area contributed by atoms with Crippen molar-refractivity contribution in [1.82, 2.24) is 20.3 Å². The van der Waals surface area contributed by atoms with E-state index in [9.17, 15) is 4.79 Å². The summed E-state index contributed by atoms with van der Waals surface area (Å²) in [6.45, 7) is 0.337. The molecule has 0 saturated heterocycles. The van der Waals surface area contributed by atoms with Crippen LogP contribution in [0.5, 0.6) is 0 Å². The highest BCUT2D eigenvalue weighted by Crippen LogP contribution is 2.20. The van der Waals surface area contributed by atoms with Gasteiger partial charge in [0.1, 0.15) is 22.2 Å². The number of hydrogen-bond donors (Lipinski definition) is 1. The van der Waals surface area contributed by atoms with Gasteiger partial charge in [0.15, 0.2) is 0 Å². The summed E-state index contributed by atoms with van der Waals surface area (Å²) in [7, 11) is 0. The van der Waals surface area contributed by atoms with Crippen molar-refractivity contribution in [2.45, 2.75) is 6.54 Å². The van der Waals surface area contributed by atoms with Gasteiger partial charge in [-0.05, 0) is 12.1 Å². The molecule has 3 aromatic rings. The van der Waals surface area contributed by atoms with E-state index in [2.05, 4.69) is 20.3 Å². The first kappa shape index (κ1) is 12.5.